The number of hydrogen-bond donors (Lipinski definition) is 2. The average molecular weight is 420 g/mol. The van der Waals surface area contributed by atoms with Crippen molar-refractivity contribution in [1.29, 1.82) is 0 Å². The van der Waals surface area contributed by atoms with Crippen molar-refractivity contribution in [2.75, 3.05) is 18.4 Å². The molecule has 2 aromatic rings. The quantitative estimate of drug-likeness (QED) is 0.573. The fourth-order valence-electron chi connectivity index (χ4n) is 2.73. The molecule has 0 aliphatic carbocycles. The monoisotopic (exact) mass is 419 g/mol. The van der Waals surface area contributed by atoms with Gasteiger partial charge in [-0.15, -0.1) is 0 Å². The van der Waals surface area contributed by atoms with Crippen molar-refractivity contribution in [3.63, 3.8) is 0 Å². The van der Waals surface area contributed by atoms with Gasteiger partial charge in [-0.25, -0.2) is 12.7 Å². The molecule has 28 heavy (non-hydrogen) atoms. The molecule has 7 nitrogen and oxygen atoms in total. The van der Waals surface area contributed by atoms with E-state index in [-0.39, 0.29) is 29.0 Å². The van der Waals surface area contributed by atoms with Crippen molar-refractivity contribution in [2.24, 2.45) is 0 Å². The highest BCUT2D eigenvalue weighted by molar-refractivity contribution is 7.89. The number of rotatable bonds is 5. The number of nitrogens with one attached hydrogen (secondary N) is 2. The van der Waals surface area contributed by atoms with E-state index >= 15 is 0 Å². The zero-order valence-corrected chi connectivity index (χ0v) is 16.5. The summed E-state index contributed by atoms with van der Waals surface area (Å²) in [6.45, 7) is 1.97. The fourth-order valence-corrected chi connectivity index (χ4v) is 4.30. The van der Waals surface area contributed by atoms with Crippen LogP contribution in [0.4, 0.5) is 5.69 Å². The van der Waals surface area contributed by atoms with Crippen LogP contribution in [0, 0.1) is 0 Å². The van der Waals surface area contributed by atoms with Crippen molar-refractivity contribution in [1.82, 2.24) is 9.62 Å². The van der Waals surface area contributed by atoms with Crippen LogP contribution in [0.1, 0.15) is 17.3 Å². The van der Waals surface area contributed by atoms with Gasteiger partial charge in [0.15, 0.2) is 5.78 Å². The molecule has 0 bridgehead atoms. The van der Waals surface area contributed by atoms with E-state index in [0.717, 1.165) is 4.31 Å². The smallest absolute Gasteiger partial charge is 0.265 e. The number of anilines is 1. The minimum atomic E-state index is -3.85. The highest BCUT2D eigenvalue weighted by Crippen LogP contribution is 2.23. The molecule has 2 N–H and O–H groups in total. The Kier molecular flexibility index (Phi) is 5.71. The second-order valence-corrected chi connectivity index (χ2v) is 8.41. The van der Waals surface area contributed by atoms with Crippen molar-refractivity contribution < 1.29 is 18.0 Å². The molecule has 1 heterocycles. The van der Waals surface area contributed by atoms with Gasteiger partial charge in [0.05, 0.1) is 11.4 Å². The fraction of sp³-hybridized carbons (Fsp3) is 0.158. The summed E-state index contributed by atoms with van der Waals surface area (Å²) in [4.78, 5) is 23.6. The largest absolute Gasteiger partial charge is 0.369 e. The van der Waals surface area contributed by atoms with Gasteiger partial charge in [-0.1, -0.05) is 11.6 Å². The van der Waals surface area contributed by atoms with Crippen LogP contribution in [0.15, 0.2) is 65.3 Å². The molecule has 1 aliphatic rings. The van der Waals surface area contributed by atoms with Crippen LogP contribution in [0.3, 0.4) is 0 Å². The summed E-state index contributed by atoms with van der Waals surface area (Å²) in [6, 6.07) is 12.2. The minimum Gasteiger partial charge on any atom is -0.369 e. The predicted molar refractivity (Wildman–Crippen MR) is 107 cm³/mol. The van der Waals surface area contributed by atoms with Crippen LogP contribution in [0.5, 0.6) is 0 Å². The van der Waals surface area contributed by atoms with E-state index in [9.17, 15) is 18.0 Å². The molecule has 0 aromatic heterocycles. The molecule has 3 rings (SSSR count). The predicted octanol–water partition coefficient (Wildman–Crippen LogP) is 2.62. The summed E-state index contributed by atoms with van der Waals surface area (Å²) >= 11 is 5.83. The number of benzene rings is 2. The first-order chi connectivity index (χ1) is 13.3. The lowest BCUT2D eigenvalue weighted by molar-refractivity contribution is -0.114. The second kappa shape index (κ2) is 8.04. The van der Waals surface area contributed by atoms with Gasteiger partial charge in [0.2, 0.25) is 5.91 Å². The summed E-state index contributed by atoms with van der Waals surface area (Å²) in [7, 11) is -3.85. The van der Waals surface area contributed by atoms with E-state index in [1.165, 1.54) is 37.3 Å². The number of amides is 1. The molecular weight excluding hydrogens is 402 g/mol. The maximum absolute atomic E-state index is 13.0. The number of carbonyl (C=O) groups excluding carboxylic acids is 2. The third-order valence-electron chi connectivity index (χ3n) is 4.05. The summed E-state index contributed by atoms with van der Waals surface area (Å²) < 4.78 is 27.1. The van der Waals surface area contributed by atoms with Gasteiger partial charge >= 0.3 is 0 Å². The molecule has 1 fully saturated rings. The van der Waals surface area contributed by atoms with E-state index < -0.39 is 10.0 Å². The number of ketones is 1. The summed E-state index contributed by atoms with van der Waals surface area (Å²) in [5.74, 6) is -0.363. The van der Waals surface area contributed by atoms with Crippen LogP contribution in [0.25, 0.3) is 0 Å². The number of nitrogens with zero attached hydrogens (tertiary/aromatic N) is 1. The Balaban J connectivity index is 1.85. The molecular formula is C19H18ClN3O4S. The normalized spacial score (nSPS) is 15.4. The Morgan fingerprint density at radius 3 is 2.36 bits per heavy atom. The molecule has 146 valence electrons. The number of allylic oxidation sites excluding steroid dienone is 1. The Hall–Kier alpha value is -2.84. The number of sulfonamides is 1. The third kappa shape index (κ3) is 4.35. The first-order valence-electron chi connectivity index (χ1n) is 8.43. The first-order valence-corrected chi connectivity index (χ1v) is 10.2. The molecule has 2 aromatic carbocycles. The van der Waals surface area contributed by atoms with Gasteiger partial charge in [-0.3, -0.25) is 9.59 Å². The van der Waals surface area contributed by atoms with Gasteiger partial charge in [-0.05, 0) is 48.5 Å². The maximum atomic E-state index is 13.0. The molecule has 1 amide bonds. The molecule has 0 radical (unpaired) electrons. The van der Waals surface area contributed by atoms with Crippen LogP contribution in [-0.2, 0) is 14.8 Å². The molecule has 0 unspecified atom stereocenters. The van der Waals surface area contributed by atoms with Gasteiger partial charge in [0, 0.05) is 35.8 Å². The SMILES string of the molecule is CC(=O)Nc1ccc(S(=O)(=O)N2CCN/C2=C\C(=O)c2ccc(Cl)cc2)cc1. The number of carbonyl (C=O) groups is 2. The standard InChI is InChI=1S/C19H18ClN3O4S/c1-13(24)22-16-6-8-17(9-7-16)28(26,27)23-11-10-21-19(23)12-18(25)14-2-4-15(20)5-3-14/h2-9,12,21H,10-11H2,1H3,(H,22,24)/b19-12+. The van der Waals surface area contributed by atoms with E-state index in [1.54, 1.807) is 24.3 Å². The lowest BCUT2D eigenvalue weighted by atomic mass is 10.1. The van der Waals surface area contributed by atoms with E-state index in [0.29, 0.717) is 22.8 Å². The minimum absolute atomic E-state index is 0.0649. The molecule has 0 atom stereocenters. The topological polar surface area (TPSA) is 95.6 Å². The van der Waals surface area contributed by atoms with Crippen molar-refractivity contribution >= 4 is 39.0 Å². The Labute approximate surface area is 168 Å². The Morgan fingerprint density at radius 2 is 1.75 bits per heavy atom. The van der Waals surface area contributed by atoms with Gasteiger partial charge < -0.3 is 10.6 Å². The molecule has 0 saturated carbocycles. The first kappa shape index (κ1) is 19.9. The third-order valence-corrected chi connectivity index (χ3v) is 6.13. The Bertz CT molecular complexity index is 1030. The van der Waals surface area contributed by atoms with Gasteiger partial charge in [0.1, 0.15) is 5.82 Å². The molecule has 0 spiro atoms. The maximum Gasteiger partial charge on any atom is 0.265 e. The van der Waals surface area contributed by atoms with E-state index in [4.69, 9.17) is 11.6 Å². The van der Waals surface area contributed by atoms with Gasteiger partial charge in [0.25, 0.3) is 10.0 Å². The van der Waals surface area contributed by atoms with E-state index in [1.807, 2.05) is 0 Å². The average Bonchev–Trinajstić information content (AvgIpc) is 3.11. The molecule has 9 heteroatoms. The van der Waals surface area contributed by atoms with Crippen LogP contribution < -0.4 is 10.6 Å². The summed E-state index contributed by atoms with van der Waals surface area (Å²) in [6.07, 6.45) is 1.26. The lowest BCUT2D eigenvalue weighted by Crippen LogP contribution is -2.29. The molecule has 1 saturated heterocycles. The zero-order chi connectivity index (χ0) is 20.3. The van der Waals surface area contributed by atoms with Crippen LogP contribution >= 0.6 is 11.6 Å². The highest BCUT2D eigenvalue weighted by Gasteiger charge is 2.30. The van der Waals surface area contributed by atoms with E-state index in [2.05, 4.69) is 10.6 Å². The Morgan fingerprint density at radius 1 is 1.11 bits per heavy atom. The van der Waals surface area contributed by atoms with Crippen LogP contribution in [-0.4, -0.2) is 37.5 Å². The van der Waals surface area contributed by atoms with Gasteiger partial charge in [-0.2, -0.15) is 0 Å². The highest BCUT2D eigenvalue weighted by atomic mass is 35.5. The van der Waals surface area contributed by atoms with Crippen molar-refractivity contribution in [2.45, 2.75) is 11.8 Å². The van der Waals surface area contributed by atoms with Crippen molar-refractivity contribution in [3.05, 3.63) is 71.0 Å². The number of hydrogen-bond acceptors (Lipinski definition) is 5. The summed E-state index contributed by atoms with van der Waals surface area (Å²) in [5, 5.41) is 6.03. The summed E-state index contributed by atoms with van der Waals surface area (Å²) in [5.41, 5.74) is 0.905. The van der Waals surface area contributed by atoms with Crippen LogP contribution in [0.2, 0.25) is 5.02 Å². The second-order valence-electron chi connectivity index (χ2n) is 6.11. The lowest BCUT2D eigenvalue weighted by Gasteiger charge is -2.19. The number of halogens is 1. The van der Waals surface area contributed by atoms with Crippen molar-refractivity contribution in [3.8, 4) is 0 Å². The molecule has 1 aliphatic heterocycles. The zero-order valence-electron chi connectivity index (χ0n) is 15.0.